The van der Waals surface area contributed by atoms with Crippen molar-refractivity contribution >= 4 is 0 Å². The second-order valence-corrected chi connectivity index (χ2v) is 2.94. The molecule has 0 aliphatic rings. The highest BCUT2D eigenvalue weighted by atomic mass is 19.2. The van der Waals surface area contributed by atoms with Gasteiger partial charge in [-0.25, -0.2) is 4.39 Å². The maximum absolute atomic E-state index is 13.3. The quantitative estimate of drug-likeness (QED) is 0.830. The van der Waals surface area contributed by atoms with Gasteiger partial charge in [-0.3, -0.25) is 0 Å². The van der Waals surface area contributed by atoms with Gasteiger partial charge in [0.15, 0.2) is 17.3 Å². The summed E-state index contributed by atoms with van der Waals surface area (Å²) in [5, 5.41) is 0. The van der Waals surface area contributed by atoms with Crippen molar-refractivity contribution in [3.05, 3.63) is 23.3 Å². The van der Waals surface area contributed by atoms with Crippen LogP contribution in [0.5, 0.6) is 11.5 Å². The van der Waals surface area contributed by atoms with Crippen molar-refractivity contribution in [3.63, 3.8) is 0 Å². The summed E-state index contributed by atoms with van der Waals surface area (Å²) < 4.78 is 36.1. The van der Waals surface area contributed by atoms with E-state index in [-0.39, 0.29) is 11.5 Å². The molecule has 0 unspecified atom stereocenters. The minimum Gasteiger partial charge on any atom is -0.492 e. The summed E-state index contributed by atoms with van der Waals surface area (Å²) >= 11 is 0. The van der Waals surface area contributed by atoms with Crippen LogP contribution < -0.4 is 15.2 Å². The van der Waals surface area contributed by atoms with E-state index in [0.717, 1.165) is 6.07 Å². The molecule has 1 aromatic rings. The average molecular weight is 217 g/mol. The van der Waals surface area contributed by atoms with Crippen LogP contribution >= 0.6 is 0 Å². The first-order valence-corrected chi connectivity index (χ1v) is 4.44. The van der Waals surface area contributed by atoms with E-state index in [9.17, 15) is 8.78 Å². The Hall–Kier alpha value is -1.36. The Labute approximate surface area is 86.8 Å². The summed E-state index contributed by atoms with van der Waals surface area (Å²) in [6.07, 6.45) is 0.400. The molecular weight excluding hydrogens is 204 g/mol. The predicted octanol–water partition coefficient (Wildman–Crippen LogP) is 1.48. The van der Waals surface area contributed by atoms with E-state index in [1.165, 1.54) is 14.2 Å². The monoisotopic (exact) mass is 217 g/mol. The SMILES string of the molecule is COc1c(CCN)cc(F)c(F)c1OC. The van der Waals surface area contributed by atoms with Gasteiger partial charge < -0.3 is 15.2 Å². The Morgan fingerprint density at radius 1 is 1.20 bits per heavy atom. The van der Waals surface area contributed by atoms with Gasteiger partial charge in [0.1, 0.15) is 0 Å². The second kappa shape index (κ2) is 4.93. The first-order valence-electron chi connectivity index (χ1n) is 4.44. The third kappa shape index (κ3) is 2.18. The fraction of sp³-hybridized carbons (Fsp3) is 0.400. The molecule has 1 rings (SSSR count). The van der Waals surface area contributed by atoms with Crippen molar-refractivity contribution in [1.82, 2.24) is 0 Å². The van der Waals surface area contributed by atoms with E-state index in [1.54, 1.807) is 0 Å². The van der Waals surface area contributed by atoms with Gasteiger partial charge >= 0.3 is 0 Å². The minimum absolute atomic E-state index is 0.196. The molecule has 3 nitrogen and oxygen atoms in total. The lowest BCUT2D eigenvalue weighted by Crippen LogP contribution is -2.07. The highest BCUT2D eigenvalue weighted by molar-refractivity contribution is 5.48. The first kappa shape index (κ1) is 11.7. The number of rotatable bonds is 4. The van der Waals surface area contributed by atoms with Gasteiger partial charge in [0, 0.05) is 5.56 Å². The summed E-state index contributed by atoms with van der Waals surface area (Å²) in [4.78, 5) is 0. The first-order chi connectivity index (χ1) is 7.15. The third-order valence-electron chi connectivity index (χ3n) is 2.03. The van der Waals surface area contributed by atoms with Crippen LogP contribution in [0.2, 0.25) is 0 Å². The molecule has 84 valence electrons. The fourth-order valence-corrected chi connectivity index (χ4v) is 1.38. The normalized spacial score (nSPS) is 10.2. The number of halogens is 2. The van der Waals surface area contributed by atoms with Crippen LogP contribution in [-0.2, 0) is 6.42 Å². The van der Waals surface area contributed by atoms with Crippen LogP contribution in [0.25, 0.3) is 0 Å². The molecule has 0 aliphatic carbocycles. The highest BCUT2D eigenvalue weighted by Gasteiger charge is 2.19. The van der Waals surface area contributed by atoms with Gasteiger partial charge in [-0.15, -0.1) is 0 Å². The Morgan fingerprint density at radius 3 is 2.27 bits per heavy atom. The van der Waals surface area contributed by atoms with Crippen molar-refractivity contribution in [2.75, 3.05) is 20.8 Å². The highest BCUT2D eigenvalue weighted by Crippen LogP contribution is 2.35. The summed E-state index contributed by atoms with van der Waals surface area (Å²) in [5.74, 6) is -2.03. The molecule has 1 aromatic carbocycles. The predicted molar refractivity (Wildman–Crippen MR) is 52.2 cm³/mol. The lowest BCUT2D eigenvalue weighted by atomic mass is 10.1. The van der Waals surface area contributed by atoms with Gasteiger partial charge in [0.25, 0.3) is 0 Å². The zero-order chi connectivity index (χ0) is 11.4. The van der Waals surface area contributed by atoms with Crippen molar-refractivity contribution in [2.45, 2.75) is 6.42 Å². The van der Waals surface area contributed by atoms with E-state index in [1.807, 2.05) is 0 Å². The Kier molecular flexibility index (Phi) is 3.85. The maximum Gasteiger partial charge on any atom is 0.204 e. The third-order valence-corrected chi connectivity index (χ3v) is 2.03. The molecule has 0 fully saturated rings. The van der Waals surface area contributed by atoms with Crippen LogP contribution in [0.3, 0.4) is 0 Å². The van der Waals surface area contributed by atoms with Crippen molar-refractivity contribution in [3.8, 4) is 11.5 Å². The lowest BCUT2D eigenvalue weighted by Gasteiger charge is -2.13. The maximum atomic E-state index is 13.3. The summed E-state index contributed by atoms with van der Waals surface area (Å²) in [5.41, 5.74) is 5.85. The molecule has 5 heteroatoms. The summed E-state index contributed by atoms with van der Waals surface area (Å²) in [6, 6.07) is 1.07. The standard InChI is InChI=1S/C10H13F2NO2/c1-14-9-6(3-4-13)5-7(11)8(12)10(9)15-2/h5H,3-4,13H2,1-2H3. The molecule has 0 saturated carbocycles. The van der Waals surface area contributed by atoms with E-state index >= 15 is 0 Å². The second-order valence-electron chi connectivity index (χ2n) is 2.94. The molecular formula is C10H13F2NO2. The molecule has 0 amide bonds. The lowest BCUT2D eigenvalue weighted by molar-refractivity contribution is 0.325. The molecule has 0 radical (unpaired) electrons. The number of ether oxygens (including phenoxy) is 2. The number of nitrogens with two attached hydrogens (primary N) is 1. The van der Waals surface area contributed by atoms with Crippen molar-refractivity contribution in [2.24, 2.45) is 5.73 Å². The molecule has 0 aliphatic heterocycles. The summed E-state index contributed by atoms with van der Waals surface area (Å²) in [7, 11) is 2.63. The Morgan fingerprint density at radius 2 is 1.80 bits per heavy atom. The zero-order valence-electron chi connectivity index (χ0n) is 8.64. The molecule has 0 heterocycles. The van der Waals surface area contributed by atoms with Crippen molar-refractivity contribution in [1.29, 1.82) is 0 Å². The van der Waals surface area contributed by atoms with E-state index in [2.05, 4.69) is 0 Å². The Bertz CT molecular complexity index is 356. The number of hydrogen-bond donors (Lipinski definition) is 1. The van der Waals surface area contributed by atoms with Gasteiger partial charge in [-0.1, -0.05) is 0 Å². The van der Waals surface area contributed by atoms with E-state index < -0.39 is 11.6 Å². The summed E-state index contributed by atoms with van der Waals surface area (Å²) in [6.45, 7) is 0.324. The van der Waals surface area contributed by atoms with Crippen LogP contribution in [0, 0.1) is 11.6 Å². The molecule has 0 atom stereocenters. The van der Waals surface area contributed by atoms with Gasteiger partial charge in [0.05, 0.1) is 14.2 Å². The largest absolute Gasteiger partial charge is 0.492 e. The molecule has 0 bridgehead atoms. The van der Waals surface area contributed by atoms with Crippen LogP contribution in [-0.4, -0.2) is 20.8 Å². The molecule has 0 spiro atoms. The molecule has 15 heavy (non-hydrogen) atoms. The fourth-order valence-electron chi connectivity index (χ4n) is 1.38. The van der Waals surface area contributed by atoms with Crippen LogP contribution in [0.15, 0.2) is 6.07 Å². The zero-order valence-corrected chi connectivity index (χ0v) is 8.64. The van der Waals surface area contributed by atoms with Crippen LogP contribution in [0.1, 0.15) is 5.56 Å². The number of hydrogen-bond acceptors (Lipinski definition) is 3. The van der Waals surface area contributed by atoms with E-state index in [4.69, 9.17) is 15.2 Å². The smallest absolute Gasteiger partial charge is 0.204 e. The van der Waals surface area contributed by atoms with Gasteiger partial charge in [-0.05, 0) is 19.0 Å². The molecule has 0 aromatic heterocycles. The number of methoxy groups -OCH3 is 2. The molecule has 2 N–H and O–H groups in total. The van der Waals surface area contributed by atoms with Crippen molar-refractivity contribution < 1.29 is 18.3 Å². The number of benzene rings is 1. The average Bonchev–Trinajstić information content (AvgIpc) is 2.23. The van der Waals surface area contributed by atoms with E-state index in [0.29, 0.717) is 18.5 Å². The van der Waals surface area contributed by atoms with Gasteiger partial charge in [-0.2, -0.15) is 4.39 Å². The topological polar surface area (TPSA) is 44.5 Å². The van der Waals surface area contributed by atoms with Crippen LogP contribution in [0.4, 0.5) is 8.78 Å². The molecule has 0 saturated heterocycles. The van der Waals surface area contributed by atoms with Gasteiger partial charge in [0.2, 0.25) is 5.82 Å². The Balaban J connectivity index is 3.33. The minimum atomic E-state index is -1.05.